The summed E-state index contributed by atoms with van der Waals surface area (Å²) in [4.78, 5) is 4.07. The van der Waals surface area contributed by atoms with Crippen molar-refractivity contribution >= 4 is 11.3 Å². The molecule has 0 saturated heterocycles. The van der Waals surface area contributed by atoms with Crippen LogP contribution in [0.15, 0.2) is 17.5 Å². The van der Waals surface area contributed by atoms with E-state index in [0.29, 0.717) is 0 Å². The average molecular weight is 222 g/mol. The normalized spacial score (nSPS) is 23.3. The van der Waals surface area contributed by atoms with Gasteiger partial charge in [0.2, 0.25) is 0 Å². The standard InChI is InChI=1S/C12H18N2S/c13-12(5-6-12)9-14(10-3-4-10)8-11-2-1-7-15-11/h1-2,7,10H,3-6,8-9,13H2. The van der Waals surface area contributed by atoms with Gasteiger partial charge in [0.25, 0.3) is 0 Å². The maximum atomic E-state index is 6.20. The Kier molecular flexibility index (Phi) is 2.34. The zero-order valence-electron chi connectivity index (χ0n) is 8.98. The molecule has 2 saturated carbocycles. The van der Waals surface area contributed by atoms with Crippen molar-refractivity contribution in [3.05, 3.63) is 22.4 Å². The van der Waals surface area contributed by atoms with Gasteiger partial charge in [-0.3, -0.25) is 4.90 Å². The summed E-state index contributed by atoms with van der Waals surface area (Å²) in [6.07, 6.45) is 5.20. The van der Waals surface area contributed by atoms with E-state index in [1.165, 1.54) is 30.6 Å². The minimum absolute atomic E-state index is 0.167. The summed E-state index contributed by atoms with van der Waals surface area (Å²) in [5, 5.41) is 2.16. The number of rotatable bonds is 5. The molecule has 82 valence electrons. The van der Waals surface area contributed by atoms with Crippen molar-refractivity contribution in [1.29, 1.82) is 0 Å². The van der Waals surface area contributed by atoms with Crippen LogP contribution >= 0.6 is 11.3 Å². The molecule has 1 aromatic rings. The molecular weight excluding hydrogens is 204 g/mol. The highest BCUT2D eigenvalue weighted by Crippen LogP contribution is 2.37. The highest BCUT2D eigenvalue weighted by molar-refractivity contribution is 7.09. The van der Waals surface area contributed by atoms with Crippen LogP contribution in [0.2, 0.25) is 0 Å². The lowest BCUT2D eigenvalue weighted by Gasteiger charge is -2.24. The summed E-state index contributed by atoms with van der Waals surface area (Å²) >= 11 is 1.86. The lowest BCUT2D eigenvalue weighted by atomic mass is 10.2. The Morgan fingerprint density at radius 1 is 1.47 bits per heavy atom. The number of thiophene rings is 1. The zero-order chi connectivity index (χ0) is 10.3. The molecule has 0 atom stereocenters. The van der Waals surface area contributed by atoms with E-state index < -0.39 is 0 Å². The first kappa shape index (κ1) is 9.82. The van der Waals surface area contributed by atoms with Crippen LogP contribution in [-0.4, -0.2) is 23.0 Å². The molecule has 1 heterocycles. The fraction of sp³-hybridized carbons (Fsp3) is 0.667. The van der Waals surface area contributed by atoms with Crippen molar-refractivity contribution in [2.45, 2.75) is 43.8 Å². The van der Waals surface area contributed by atoms with E-state index in [9.17, 15) is 0 Å². The Bertz CT molecular complexity index is 325. The van der Waals surface area contributed by atoms with Crippen molar-refractivity contribution in [2.24, 2.45) is 5.73 Å². The van der Waals surface area contributed by atoms with Crippen LogP contribution in [0.25, 0.3) is 0 Å². The Balaban J connectivity index is 1.63. The van der Waals surface area contributed by atoms with E-state index >= 15 is 0 Å². The Hall–Kier alpha value is -0.380. The molecule has 2 aliphatic rings. The third kappa shape index (κ3) is 2.41. The lowest BCUT2D eigenvalue weighted by Crippen LogP contribution is -2.40. The Morgan fingerprint density at radius 3 is 2.80 bits per heavy atom. The van der Waals surface area contributed by atoms with Gasteiger partial charge in [0.05, 0.1) is 0 Å². The topological polar surface area (TPSA) is 29.3 Å². The molecule has 3 rings (SSSR count). The molecule has 0 radical (unpaired) electrons. The van der Waals surface area contributed by atoms with Gasteiger partial charge in [-0.15, -0.1) is 11.3 Å². The summed E-state index contributed by atoms with van der Waals surface area (Å²) in [5.41, 5.74) is 6.37. The molecule has 0 aliphatic heterocycles. The van der Waals surface area contributed by atoms with Crippen LogP contribution in [0.4, 0.5) is 0 Å². The number of hydrogen-bond donors (Lipinski definition) is 1. The van der Waals surface area contributed by atoms with E-state index in [4.69, 9.17) is 5.73 Å². The molecule has 3 heteroatoms. The predicted octanol–water partition coefficient (Wildman–Crippen LogP) is 2.20. The van der Waals surface area contributed by atoms with Crippen molar-refractivity contribution in [2.75, 3.05) is 6.54 Å². The van der Waals surface area contributed by atoms with E-state index in [-0.39, 0.29) is 5.54 Å². The number of nitrogens with two attached hydrogens (primary N) is 1. The first-order valence-electron chi connectivity index (χ1n) is 5.81. The molecule has 0 aromatic carbocycles. The number of nitrogens with zero attached hydrogens (tertiary/aromatic N) is 1. The second-order valence-corrected chi connectivity index (χ2v) is 6.11. The first-order chi connectivity index (χ1) is 7.25. The summed E-state index contributed by atoms with van der Waals surface area (Å²) in [7, 11) is 0. The van der Waals surface area contributed by atoms with Gasteiger partial charge in [0.1, 0.15) is 0 Å². The molecule has 2 fully saturated rings. The predicted molar refractivity (Wildman–Crippen MR) is 63.9 cm³/mol. The van der Waals surface area contributed by atoms with Gasteiger partial charge in [-0.25, -0.2) is 0 Å². The third-order valence-electron chi connectivity index (χ3n) is 3.41. The Labute approximate surface area is 95.1 Å². The van der Waals surface area contributed by atoms with Crippen molar-refractivity contribution in [3.63, 3.8) is 0 Å². The molecule has 2 N–H and O–H groups in total. The van der Waals surface area contributed by atoms with Gasteiger partial charge < -0.3 is 5.73 Å². The van der Waals surface area contributed by atoms with E-state index in [0.717, 1.165) is 19.1 Å². The minimum Gasteiger partial charge on any atom is -0.324 e. The SMILES string of the molecule is NC1(CN(Cc2cccs2)C2CC2)CC1. The van der Waals surface area contributed by atoms with Crippen LogP contribution < -0.4 is 5.73 Å². The third-order valence-corrected chi connectivity index (χ3v) is 4.27. The minimum atomic E-state index is 0.167. The van der Waals surface area contributed by atoms with Gasteiger partial charge >= 0.3 is 0 Å². The molecule has 1 aromatic heterocycles. The van der Waals surface area contributed by atoms with Crippen LogP contribution in [0.3, 0.4) is 0 Å². The summed E-state index contributed by atoms with van der Waals surface area (Å²) in [5.74, 6) is 0. The van der Waals surface area contributed by atoms with Gasteiger partial charge in [0.15, 0.2) is 0 Å². The second kappa shape index (κ2) is 3.58. The average Bonchev–Trinajstić information content (AvgIpc) is 3.11. The summed E-state index contributed by atoms with van der Waals surface area (Å²) < 4.78 is 0. The molecule has 0 spiro atoms. The van der Waals surface area contributed by atoms with Crippen LogP contribution in [0.1, 0.15) is 30.6 Å². The molecule has 15 heavy (non-hydrogen) atoms. The molecule has 2 aliphatic carbocycles. The number of hydrogen-bond acceptors (Lipinski definition) is 3. The van der Waals surface area contributed by atoms with Crippen molar-refractivity contribution in [1.82, 2.24) is 4.90 Å². The zero-order valence-corrected chi connectivity index (χ0v) is 9.80. The highest BCUT2D eigenvalue weighted by Gasteiger charge is 2.42. The summed E-state index contributed by atoms with van der Waals surface area (Å²) in [6.45, 7) is 2.22. The molecule has 0 unspecified atom stereocenters. The maximum absolute atomic E-state index is 6.20. The van der Waals surface area contributed by atoms with E-state index in [1.807, 2.05) is 11.3 Å². The van der Waals surface area contributed by atoms with E-state index in [1.54, 1.807) is 0 Å². The van der Waals surface area contributed by atoms with Gasteiger partial charge in [-0.1, -0.05) is 6.07 Å². The van der Waals surface area contributed by atoms with Gasteiger partial charge in [-0.05, 0) is 37.1 Å². The van der Waals surface area contributed by atoms with Crippen LogP contribution in [-0.2, 0) is 6.54 Å². The highest BCUT2D eigenvalue weighted by atomic mass is 32.1. The molecule has 0 amide bonds. The van der Waals surface area contributed by atoms with Crippen molar-refractivity contribution in [3.8, 4) is 0 Å². The second-order valence-electron chi connectivity index (χ2n) is 5.08. The lowest BCUT2D eigenvalue weighted by molar-refractivity contribution is 0.234. The first-order valence-corrected chi connectivity index (χ1v) is 6.68. The maximum Gasteiger partial charge on any atom is 0.0331 e. The van der Waals surface area contributed by atoms with Crippen molar-refractivity contribution < 1.29 is 0 Å². The van der Waals surface area contributed by atoms with Gasteiger partial charge in [0, 0.05) is 29.5 Å². The largest absolute Gasteiger partial charge is 0.324 e. The molecular formula is C12H18N2S. The monoisotopic (exact) mass is 222 g/mol. The van der Waals surface area contributed by atoms with Crippen LogP contribution in [0, 0.1) is 0 Å². The summed E-state index contributed by atoms with van der Waals surface area (Å²) in [6, 6.07) is 5.20. The fourth-order valence-electron chi connectivity index (χ4n) is 2.08. The molecule has 2 nitrogen and oxygen atoms in total. The van der Waals surface area contributed by atoms with Gasteiger partial charge in [-0.2, -0.15) is 0 Å². The quantitative estimate of drug-likeness (QED) is 0.827. The van der Waals surface area contributed by atoms with E-state index in [2.05, 4.69) is 22.4 Å². The van der Waals surface area contributed by atoms with Crippen LogP contribution in [0.5, 0.6) is 0 Å². The smallest absolute Gasteiger partial charge is 0.0331 e. The Morgan fingerprint density at radius 2 is 2.27 bits per heavy atom. The fourth-order valence-corrected chi connectivity index (χ4v) is 2.81. The molecule has 0 bridgehead atoms.